The molecule has 0 aliphatic carbocycles. The molecule has 8 aliphatic heterocycles. The van der Waals surface area contributed by atoms with E-state index >= 15 is 0 Å². The number of halogens is 1. The minimum absolute atomic E-state index is 0. The van der Waals surface area contributed by atoms with E-state index in [9.17, 15) is 37.2 Å². The summed E-state index contributed by atoms with van der Waals surface area (Å²) in [6.07, 6.45) is 13.8. The maximum atomic E-state index is 14.7. The number of likely N-dealkylation sites (tertiary alicyclic amines) is 4. The Morgan fingerprint density at radius 1 is 0.523 bits per heavy atom. The Bertz CT molecular complexity index is 6630. The molecule has 0 saturated carbocycles. The first-order chi connectivity index (χ1) is 61.8. The summed E-state index contributed by atoms with van der Waals surface area (Å²) in [6, 6.07) is 64.2. The van der Waals surface area contributed by atoms with Crippen LogP contribution in [0.15, 0.2) is 225 Å². The number of nitrogens with one attached hydrogen (secondary N) is 1. The molecule has 0 bridgehead atoms. The van der Waals surface area contributed by atoms with Crippen molar-refractivity contribution < 1.29 is 66.6 Å². The predicted octanol–water partition coefficient (Wildman–Crippen LogP) is 16.3. The number of para-hydroxylation sites is 8. The number of piperidine rings is 4. The van der Waals surface area contributed by atoms with Crippen molar-refractivity contribution in [2.45, 2.75) is 114 Å². The van der Waals surface area contributed by atoms with Gasteiger partial charge in [0.05, 0.1) is 83.2 Å². The van der Waals surface area contributed by atoms with Crippen LogP contribution >= 0.6 is 0 Å². The molecule has 128 heavy (non-hydrogen) atoms. The average Bonchev–Trinajstić information content (AvgIpc) is 1.66. The summed E-state index contributed by atoms with van der Waals surface area (Å²) in [5, 5.41) is 19.7. The number of aryl methyl sites for hydroxylation is 3. The van der Waals surface area contributed by atoms with Crippen molar-refractivity contribution in [3.8, 4) is 80.2 Å². The van der Waals surface area contributed by atoms with Crippen LogP contribution in [0.25, 0.3) is 44.8 Å². The smallest absolute Gasteiger partial charge is 0.270 e. The summed E-state index contributed by atoms with van der Waals surface area (Å²) in [5.41, 5.74) is 10.6. The van der Waals surface area contributed by atoms with Gasteiger partial charge in [-0.15, -0.1) is 0 Å². The van der Waals surface area contributed by atoms with Crippen molar-refractivity contribution in [1.82, 2.24) is 57.8 Å². The highest BCUT2D eigenvalue weighted by Crippen LogP contribution is 2.53. The van der Waals surface area contributed by atoms with Crippen molar-refractivity contribution >= 4 is 50.2 Å². The van der Waals surface area contributed by atoms with Crippen LogP contribution in [0.1, 0.15) is 150 Å². The summed E-state index contributed by atoms with van der Waals surface area (Å²) in [5.74, 6) is 4.71. The average molecular weight is 1750 g/mol. The molecule has 0 unspecified atom stereocenters. The summed E-state index contributed by atoms with van der Waals surface area (Å²) in [6.45, 7) is 11.9. The summed E-state index contributed by atoms with van der Waals surface area (Å²) in [4.78, 5) is 64.8. The van der Waals surface area contributed by atoms with E-state index < -0.39 is 38.2 Å². The van der Waals surface area contributed by atoms with Crippen LogP contribution in [0, 0.1) is 17.1 Å². The quantitative estimate of drug-likeness (QED) is 0.126. The van der Waals surface area contributed by atoms with Crippen LogP contribution in [0.3, 0.4) is 0 Å². The number of methoxy groups -OCH3 is 1. The highest BCUT2D eigenvalue weighted by Gasteiger charge is 2.51. The van der Waals surface area contributed by atoms with E-state index in [0.717, 1.165) is 109 Å². The number of hydrogen-bond acceptors (Lipinski definition) is 17. The zero-order chi connectivity index (χ0) is 89.1. The van der Waals surface area contributed by atoms with Gasteiger partial charge >= 0.3 is 0 Å². The van der Waals surface area contributed by atoms with Crippen molar-refractivity contribution in [2.75, 3.05) is 70.4 Å². The molecule has 4 fully saturated rings. The molecule has 27 nitrogen and oxygen atoms in total. The number of rotatable bonds is 11. The normalized spacial score (nSPS) is 16.5. The second kappa shape index (κ2) is 34.0. The van der Waals surface area contributed by atoms with Crippen LogP contribution < -0.4 is 37.9 Å². The number of ether oxygens (including phenoxy) is 7. The van der Waals surface area contributed by atoms with Gasteiger partial charge in [-0.1, -0.05) is 78.9 Å². The Kier molecular flexibility index (Phi) is 22.5. The Hall–Kier alpha value is -14.1. The molecular weight excluding hydrogens is 1640 g/mol. The molecular formula is C99H101FN14O13S. The number of aromatic nitrogens is 8. The standard InChI is InChI=1S/C26H24FN3O3.C25H24N4O2.C25H27N3O4.C23H24N4O4S.H2/c1-17(2)32-19-8-9-20(21(27)15-19)25(31)29-13-11-26(12-14-29)24-10-7-18(16-28)30(24)22-5-3-4-6-23(22)33-26;1-27-20-9-5-3-7-17(20)15-21(27)24(30)29-13-11-25(12-14-29)19-16-26-28(2)23(19)18-8-4-6-10-22(18)31-25;1-17(2)31-21-9-8-18(16-22(21)30-3)23(29)27-13-10-25(11-14-27)24-26-12-15-28(24)19-6-4-5-7-20(19)32-25;1-26-21-17-8-4-6-10-20(17)31-23(18(21)15-24-26)11-13-27(14-12-23)22(28)16-7-3-5-9-19(16)25-32(2,29)30;/h3-10,15,17H,11-14H2,1-2H3;3-10,15-16H,11-14H2,1-2H3;4-9,12,15-17H,10-11,13-14H2,1-3H3;3-10,15,25H,11-14H2,1-2H3;1H. The van der Waals surface area contributed by atoms with Gasteiger partial charge in [-0.05, 0) is 143 Å². The van der Waals surface area contributed by atoms with Crippen molar-refractivity contribution in [3.05, 3.63) is 282 Å². The van der Waals surface area contributed by atoms with E-state index in [1.807, 2.05) is 217 Å². The molecule has 21 rings (SSSR count). The minimum atomic E-state index is -3.50. The number of nitriles is 1. The Morgan fingerprint density at radius 2 is 1.02 bits per heavy atom. The topological polar surface area (TPSA) is 279 Å². The van der Waals surface area contributed by atoms with Crippen LogP contribution in [-0.2, 0) is 53.6 Å². The molecule has 8 aromatic carbocycles. The molecule has 4 saturated heterocycles. The fourth-order valence-electron chi connectivity index (χ4n) is 19.2. The monoisotopic (exact) mass is 1740 g/mol. The van der Waals surface area contributed by atoms with E-state index in [2.05, 4.69) is 48.7 Å². The van der Waals surface area contributed by atoms with Gasteiger partial charge in [-0.2, -0.15) is 15.5 Å². The predicted molar refractivity (Wildman–Crippen MR) is 482 cm³/mol. The summed E-state index contributed by atoms with van der Waals surface area (Å²) >= 11 is 0. The lowest BCUT2D eigenvalue weighted by Gasteiger charge is -2.45. The number of fused-ring (bicyclic) bond motifs is 17. The summed E-state index contributed by atoms with van der Waals surface area (Å²) in [7, 11) is 3.96. The number of amides is 4. The van der Waals surface area contributed by atoms with E-state index in [1.54, 1.807) is 71.5 Å². The maximum Gasteiger partial charge on any atom is 0.270 e. The zero-order valence-corrected chi connectivity index (χ0v) is 73.6. The van der Waals surface area contributed by atoms with Crippen LogP contribution in [0.2, 0.25) is 0 Å². The van der Waals surface area contributed by atoms with E-state index in [4.69, 9.17) is 33.2 Å². The van der Waals surface area contributed by atoms with Gasteiger partial charge in [0.25, 0.3) is 23.6 Å². The number of carbonyl (C=O) groups excluding carboxylic acids is 4. The third-order valence-corrected chi connectivity index (χ3v) is 26.1. The molecule has 658 valence electrons. The molecule has 13 aromatic rings. The molecule has 8 aliphatic rings. The molecule has 13 heterocycles. The molecule has 4 spiro atoms. The molecule has 29 heteroatoms. The number of imidazole rings is 1. The van der Waals surface area contributed by atoms with Gasteiger partial charge < -0.3 is 57.3 Å². The zero-order valence-electron chi connectivity index (χ0n) is 72.7. The first-order valence-corrected chi connectivity index (χ1v) is 45.1. The number of hydrogen-bond donors (Lipinski definition) is 1. The van der Waals surface area contributed by atoms with Crippen LogP contribution in [-0.4, -0.2) is 168 Å². The van der Waals surface area contributed by atoms with Gasteiger partial charge in [-0.25, -0.2) is 17.8 Å². The lowest BCUT2D eigenvalue weighted by molar-refractivity contribution is -0.0128. The first kappa shape index (κ1) is 84.7. The number of anilines is 1. The number of sulfonamides is 1. The van der Waals surface area contributed by atoms with Gasteiger partial charge in [0.1, 0.15) is 63.2 Å². The summed E-state index contributed by atoms with van der Waals surface area (Å²) < 4.78 is 93.3. The number of nitrogens with zero attached hydrogens (tertiary/aromatic N) is 13. The second-order valence-corrected chi connectivity index (χ2v) is 35.9. The van der Waals surface area contributed by atoms with Crippen molar-refractivity contribution in [3.63, 3.8) is 0 Å². The highest BCUT2D eigenvalue weighted by molar-refractivity contribution is 7.92. The SMILES string of the molecule is CC(C)Oc1ccc(C(=O)N2CCC3(CC2)Oc2ccccc2-n2c(C#N)ccc23)c(F)c1.COc1cc(C(=O)N2CCC3(CC2)Oc2ccccc2-n2ccnc23)ccc1OC(C)C.Cn1ncc2c1-c1ccccc1OC21CCN(C(=O)c2cc3ccccc3n2C)CC1.Cn1ncc2c1-c1ccccc1OC21CCN(C(=O)c2ccccc2NS(C)(=O)=O)CC1.[HH]. The van der Waals surface area contributed by atoms with Crippen molar-refractivity contribution in [2.24, 2.45) is 21.1 Å². The van der Waals surface area contributed by atoms with Gasteiger partial charge in [0, 0.05) is 183 Å². The molecule has 0 atom stereocenters. The van der Waals surface area contributed by atoms with Crippen LogP contribution in [0.4, 0.5) is 10.1 Å². The van der Waals surface area contributed by atoms with Crippen molar-refractivity contribution in [1.29, 1.82) is 5.26 Å². The van der Waals surface area contributed by atoms with E-state index in [1.165, 1.54) is 12.1 Å². The fourth-order valence-corrected chi connectivity index (χ4v) is 19.8. The third-order valence-electron chi connectivity index (χ3n) is 25.5. The van der Waals surface area contributed by atoms with Gasteiger partial charge in [0.2, 0.25) is 10.0 Å². The lowest BCUT2D eigenvalue weighted by atomic mass is 9.81. The first-order valence-electron chi connectivity index (χ1n) is 43.2. The van der Waals surface area contributed by atoms with E-state index in [0.29, 0.717) is 131 Å². The Morgan fingerprint density at radius 3 is 1.60 bits per heavy atom. The largest absolute Gasteiger partial charge is 0.493 e. The van der Waals surface area contributed by atoms with Crippen LogP contribution in [0.5, 0.6) is 40.2 Å². The number of carbonyl (C=O) groups is 4. The molecule has 1 N–H and O–H groups in total. The second-order valence-electron chi connectivity index (χ2n) is 34.1. The Balaban J connectivity index is 0.000000120. The minimum Gasteiger partial charge on any atom is -0.493 e. The Labute approximate surface area is 742 Å². The third kappa shape index (κ3) is 15.7. The molecule has 4 amide bonds. The highest BCUT2D eigenvalue weighted by atomic mass is 32.2. The van der Waals surface area contributed by atoms with Gasteiger partial charge in [-0.3, -0.25) is 42.4 Å². The fraction of sp³-hybridized carbons (Fsp3) is 0.313. The lowest BCUT2D eigenvalue weighted by Crippen LogP contribution is -2.50. The maximum absolute atomic E-state index is 14.7. The molecule has 0 radical (unpaired) electrons. The molecule has 5 aromatic heterocycles. The van der Waals surface area contributed by atoms with Gasteiger partial charge in [0.15, 0.2) is 28.5 Å². The number of benzene rings is 8. The van der Waals surface area contributed by atoms with E-state index in [-0.39, 0.29) is 48.5 Å².